The lowest BCUT2D eigenvalue weighted by atomic mass is 9.80. The molecule has 0 atom stereocenters. The highest BCUT2D eigenvalue weighted by Crippen LogP contribution is 1.96. The number of hydrogen-bond donors (Lipinski definition) is 0. The van der Waals surface area contributed by atoms with Crippen LogP contribution in [0.15, 0.2) is 30.8 Å². The summed E-state index contributed by atoms with van der Waals surface area (Å²) in [5.74, 6) is 0. The smallest absolute Gasteiger partial charge is 0.0263 e. The van der Waals surface area contributed by atoms with Crippen LogP contribution in [0.25, 0.3) is 6.08 Å². The van der Waals surface area contributed by atoms with Crippen LogP contribution in [0.2, 0.25) is 0 Å². The fourth-order valence-corrected chi connectivity index (χ4v) is 0.789. The lowest BCUT2D eigenvalue weighted by Crippen LogP contribution is -2.55. The van der Waals surface area contributed by atoms with Gasteiger partial charge in [-0.05, 0) is 5.56 Å². The van der Waals surface area contributed by atoms with Crippen molar-refractivity contribution in [3.8, 4) is 0 Å². The van der Waals surface area contributed by atoms with Gasteiger partial charge in [-0.25, -0.2) is 0 Å². The van der Waals surface area contributed by atoms with Gasteiger partial charge in [0.1, 0.15) is 0 Å². The van der Waals surface area contributed by atoms with E-state index in [1.54, 1.807) is 18.2 Å². The van der Waals surface area contributed by atoms with Crippen LogP contribution in [0.5, 0.6) is 0 Å². The van der Waals surface area contributed by atoms with E-state index >= 15 is 0 Å². The SMILES string of the molecule is C=Cc1ccc(B([O-])[O-])cc1. The quantitative estimate of drug-likeness (QED) is 0.489. The first-order valence-electron chi connectivity index (χ1n) is 3.28. The number of benzene rings is 1. The van der Waals surface area contributed by atoms with Gasteiger partial charge in [-0.2, -0.15) is 0 Å². The van der Waals surface area contributed by atoms with Crippen molar-refractivity contribution in [2.75, 3.05) is 0 Å². The molecule has 0 aliphatic heterocycles. The van der Waals surface area contributed by atoms with Crippen LogP contribution >= 0.6 is 0 Å². The second kappa shape index (κ2) is 3.37. The standard InChI is InChI=1S/C8H7BO2/c1-2-7-3-5-8(6-4-7)9(10)11/h2-6H,1H2/q-2. The molecular formula is C8H7BO2-2. The van der Waals surface area contributed by atoms with E-state index in [2.05, 4.69) is 6.58 Å². The van der Waals surface area contributed by atoms with Crippen LogP contribution in [0.3, 0.4) is 0 Å². The highest BCUT2D eigenvalue weighted by molar-refractivity contribution is 6.55. The Bertz CT molecular complexity index is 241. The summed E-state index contributed by atoms with van der Waals surface area (Å²) in [6.45, 7) is 3.55. The van der Waals surface area contributed by atoms with Crippen molar-refractivity contribution < 1.29 is 10.0 Å². The largest absolute Gasteiger partial charge is 0.889 e. The van der Waals surface area contributed by atoms with Gasteiger partial charge in [0.05, 0.1) is 0 Å². The normalized spacial score (nSPS) is 9.27. The Morgan fingerprint density at radius 1 is 1.18 bits per heavy atom. The molecule has 56 valence electrons. The molecule has 0 saturated carbocycles. The predicted molar refractivity (Wildman–Crippen MR) is 41.9 cm³/mol. The Labute approximate surface area is 66.0 Å². The molecule has 3 heteroatoms. The van der Waals surface area contributed by atoms with Gasteiger partial charge in [-0.3, -0.25) is 0 Å². The minimum atomic E-state index is -1.88. The third kappa shape index (κ3) is 1.93. The zero-order valence-corrected chi connectivity index (χ0v) is 5.99. The Kier molecular flexibility index (Phi) is 2.46. The predicted octanol–water partition coefficient (Wildman–Crippen LogP) is -1.25. The average molecular weight is 146 g/mol. The molecule has 0 unspecified atom stereocenters. The molecule has 0 aliphatic carbocycles. The van der Waals surface area contributed by atoms with Crippen LogP contribution in [-0.4, -0.2) is 7.12 Å². The molecule has 11 heavy (non-hydrogen) atoms. The first kappa shape index (κ1) is 8.05. The van der Waals surface area contributed by atoms with Crippen molar-refractivity contribution in [2.45, 2.75) is 0 Å². The number of hydrogen-bond acceptors (Lipinski definition) is 2. The van der Waals surface area contributed by atoms with Crippen molar-refractivity contribution >= 4 is 18.7 Å². The lowest BCUT2D eigenvalue weighted by molar-refractivity contribution is -0.341. The van der Waals surface area contributed by atoms with Crippen LogP contribution in [-0.2, 0) is 0 Å². The fourth-order valence-electron chi connectivity index (χ4n) is 0.789. The molecule has 0 aromatic heterocycles. The van der Waals surface area contributed by atoms with E-state index in [1.807, 2.05) is 0 Å². The van der Waals surface area contributed by atoms with Gasteiger partial charge in [-0.1, -0.05) is 44.0 Å². The molecule has 1 aromatic rings. The van der Waals surface area contributed by atoms with Gasteiger partial charge in [0, 0.05) is 0 Å². The summed E-state index contributed by atoms with van der Waals surface area (Å²) in [6, 6.07) is 6.46. The zero-order valence-electron chi connectivity index (χ0n) is 5.99. The van der Waals surface area contributed by atoms with E-state index in [0.29, 0.717) is 0 Å². The molecule has 0 radical (unpaired) electrons. The zero-order chi connectivity index (χ0) is 8.27. The summed E-state index contributed by atoms with van der Waals surface area (Å²) < 4.78 is 0. The summed E-state index contributed by atoms with van der Waals surface area (Å²) >= 11 is 0. The van der Waals surface area contributed by atoms with Gasteiger partial charge in [0.2, 0.25) is 0 Å². The van der Waals surface area contributed by atoms with Gasteiger partial charge < -0.3 is 10.0 Å². The maximum absolute atomic E-state index is 10.3. The molecule has 2 nitrogen and oxygen atoms in total. The molecular weight excluding hydrogens is 139 g/mol. The Hall–Kier alpha value is -1.06. The summed E-state index contributed by atoms with van der Waals surface area (Å²) in [6.07, 6.45) is 1.66. The lowest BCUT2D eigenvalue weighted by Gasteiger charge is -2.26. The molecule has 1 rings (SSSR count). The summed E-state index contributed by atoms with van der Waals surface area (Å²) in [5, 5.41) is 20.7. The van der Waals surface area contributed by atoms with Gasteiger partial charge in [0.15, 0.2) is 0 Å². The van der Waals surface area contributed by atoms with Crippen molar-refractivity contribution in [1.82, 2.24) is 0 Å². The highest BCUT2D eigenvalue weighted by Gasteiger charge is 1.86. The van der Waals surface area contributed by atoms with Crippen LogP contribution in [0.4, 0.5) is 0 Å². The average Bonchev–Trinajstić information content (AvgIpc) is 2.05. The summed E-state index contributed by atoms with van der Waals surface area (Å²) in [4.78, 5) is 0. The molecule has 0 bridgehead atoms. The van der Waals surface area contributed by atoms with E-state index in [-0.39, 0.29) is 5.46 Å². The molecule has 0 amide bonds. The maximum Gasteiger partial charge on any atom is -0.0263 e. The molecule has 0 fully saturated rings. The van der Waals surface area contributed by atoms with Crippen molar-refractivity contribution in [2.24, 2.45) is 0 Å². The maximum atomic E-state index is 10.3. The summed E-state index contributed by atoms with van der Waals surface area (Å²) in [5.41, 5.74) is 1.19. The van der Waals surface area contributed by atoms with E-state index < -0.39 is 7.12 Å². The minimum Gasteiger partial charge on any atom is -0.889 e. The number of rotatable bonds is 2. The topological polar surface area (TPSA) is 46.1 Å². The molecule has 0 heterocycles. The first-order valence-corrected chi connectivity index (χ1v) is 3.28. The second-order valence-electron chi connectivity index (χ2n) is 2.20. The first-order chi connectivity index (χ1) is 5.24. The Morgan fingerprint density at radius 2 is 1.73 bits per heavy atom. The van der Waals surface area contributed by atoms with Gasteiger partial charge in [-0.15, -0.1) is 5.46 Å². The molecule has 0 aliphatic rings. The van der Waals surface area contributed by atoms with E-state index in [4.69, 9.17) is 0 Å². The summed E-state index contributed by atoms with van der Waals surface area (Å²) in [7, 11) is -1.88. The fraction of sp³-hybridized carbons (Fsp3) is 0. The van der Waals surface area contributed by atoms with E-state index in [9.17, 15) is 10.0 Å². The van der Waals surface area contributed by atoms with Gasteiger partial charge in [0.25, 0.3) is 0 Å². The molecule has 0 saturated heterocycles. The van der Waals surface area contributed by atoms with E-state index in [0.717, 1.165) is 5.56 Å². The van der Waals surface area contributed by atoms with Crippen LogP contribution < -0.4 is 15.5 Å². The monoisotopic (exact) mass is 146 g/mol. The third-order valence-electron chi connectivity index (χ3n) is 1.44. The van der Waals surface area contributed by atoms with Crippen molar-refractivity contribution in [3.63, 3.8) is 0 Å². The highest BCUT2D eigenvalue weighted by atomic mass is 16.4. The third-order valence-corrected chi connectivity index (χ3v) is 1.44. The van der Waals surface area contributed by atoms with Gasteiger partial charge >= 0.3 is 0 Å². The van der Waals surface area contributed by atoms with Crippen LogP contribution in [0, 0.1) is 0 Å². The van der Waals surface area contributed by atoms with E-state index in [1.165, 1.54) is 12.1 Å². The molecule has 0 spiro atoms. The second-order valence-corrected chi connectivity index (χ2v) is 2.20. The molecule has 1 aromatic carbocycles. The Morgan fingerprint density at radius 3 is 2.09 bits per heavy atom. The Balaban J connectivity index is 2.91. The van der Waals surface area contributed by atoms with Crippen molar-refractivity contribution in [1.29, 1.82) is 0 Å². The van der Waals surface area contributed by atoms with Crippen LogP contribution in [0.1, 0.15) is 5.56 Å². The minimum absolute atomic E-state index is 0.274. The molecule has 0 N–H and O–H groups in total. The van der Waals surface area contributed by atoms with Crippen molar-refractivity contribution in [3.05, 3.63) is 36.4 Å².